The van der Waals surface area contributed by atoms with Gasteiger partial charge in [-0.2, -0.15) is 0 Å². The van der Waals surface area contributed by atoms with Crippen LogP contribution in [0.3, 0.4) is 0 Å². The van der Waals surface area contributed by atoms with Crippen LogP contribution in [0.2, 0.25) is 0 Å². The first-order valence-corrected chi connectivity index (χ1v) is 14.8. The van der Waals surface area contributed by atoms with E-state index in [0.29, 0.717) is 29.9 Å². The third kappa shape index (κ3) is 6.86. The predicted octanol–water partition coefficient (Wildman–Crippen LogP) is 5.34. The van der Waals surface area contributed by atoms with E-state index in [1.807, 2.05) is 0 Å². The monoisotopic (exact) mass is 530 g/mol. The molecule has 3 aromatic carbocycles. The standard InChI is InChI=1S/C28H34Se2/c1-27(2,3)23-11-15-25(16-12-23)29-19-21-7-9-22(10-8-21)20-30-26-17-13-24(14-18-26)28(4,5)6/h7-18H,19-20H2,1-6H3. The minimum absolute atomic E-state index is 0.234. The summed E-state index contributed by atoms with van der Waals surface area (Å²) in [5.41, 5.74) is 6.22. The summed E-state index contributed by atoms with van der Waals surface area (Å²) in [5, 5.41) is 2.34. The number of benzene rings is 3. The van der Waals surface area contributed by atoms with E-state index in [2.05, 4.69) is 114 Å². The molecule has 3 aromatic rings. The van der Waals surface area contributed by atoms with Crippen molar-refractivity contribution in [3.8, 4) is 0 Å². The molecule has 0 unspecified atom stereocenters. The molecular formula is C28H34Se2. The van der Waals surface area contributed by atoms with Crippen LogP contribution in [-0.2, 0) is 21.5 Å². The quantitative estimate of drug-likeness (QED) is 0.379. The van der Waals surface area contributed by atoms with E-state index in [4.69, 9.17) is 0 Å². The molecule has 0 nitrogen and oxygen atoms in total. The second kappa shape index (κ2) is 9.88. The molecule has 0 saturated heterocycles. The van der Waals surface area contributed by atoms with E-state index in [1.165, 1.54) is 41.8 Å². The van der Waals surface area contributed by atoms with Crippen LogP contribution in [0.25, 0.3) is 0 Å². The Hall–Kier alpha value is -1.30. The molecule has 0 fully saturated rings. The molecule has 30 heavy (non-hydrogen) atoms. The molecule has 0 N–H and O–H groups in total. The van der Waals surface area contributed by atoms with Crippen molar-refractivity contribution in [2.24, 2.45) is 0 Å². The van der Waals surface area contributed by atoms with Gasteiger partial charge in [-0.3, -0.25) is 0 Å². The number of hydrogen-bond donors (Lipinski definition) is 0. The SMILES string of the molecule is CC(C)(C)c1ccc([Se]Cc2ccc(C[Se]c3ccc(C(C)(C)C)cc3)cc2)cc1. The topological polar surface area (TPSA) is 0 Å². The van der Waals surface area contributed by atoms with Gasteiger partial charge < -0.3 is 0 Å². The molecule has 0 saturated carbocycles. The van der Waals surface area contributed by atoms with Crippen molar-refractivity contribution in [3.05, 3.63) is 95.1 Å². The minimum atomic E-state index is 0.234. The molecule has 0 aliphatic carbocycles. The fourth-order valence-electron chi connectivity index (χ4n) is 3.17. The molecule has 0 radical (unpaired) electrons. The van der Waals surface area contributed by atoms with E-state index >= 15 is 0 Å². The van der Waals surface area contributed by atoms with E-state index in [-0.39, 0.29) is 10.8 Å². The molecule has 158 valence electrons. The van der Waals surface area contributed by atoms with Gasteiger partial charge in [-0.25, -0.2) is 0 Å². The average molecular weight is 529 g/mol. The van der Waals surface area contributed by atoms with Crippen LogP contribution in [0.15, 0.2) is 72.8 Å². The van der Waals surface area contributed by atoms with E-state index in [9.17, 15) is 0 Å². The summed E-state index contributed by atoms with van der Waals surface area (Å²) in [7, 11) is 0. The summed E-state index contributed by atoms with van der Waals surface area (Å²) in [6, 6.07) is 27.8. The van der Waals surface area contributed by atoms with Crippen molar-refractivity contribution >= 4 is 38.8 Å². The Kier molecular flexibility index (Phi) is 7.70. The summed E-state index contributed by atoms with van der Waals surface area (Å²) in [4.78, 5) is 0. The Morgan fingerprint density at radius 3 is 1.03 bits per heavy atom. The van der Waals surface area contributed by atoms with Crippen LogP contribution in [0.1, 0.15) is 63.8 Å². The van der Waals surface area contributed by atoms with Gasteiger partial charge in [-0.1, -0.05) is 0 Å². The molecule has 0 bridgehead atoms. The first kappa shape index (κ1) is 23.4. The Morgan fingerprint density at radius 2 is 0.767 bits per heavy atom. The molecule has 0 heterocycles. The summed E-state index contributed by atoms with van der Waals surface area (Å²) < 4.78 is 2.98. The summed E-state index contributed by atoms with van der Waals surface area (Å²) >= 11 is 0.993. The van der Waals surface area contributed by atoms with E-state index in [1.54, 1.807) is 0 Å². The van der Waals surface area contributed by atoms with E-state index < -0.39 is 0 Å². The average Bonchev–Trinajstić information content (AvgIpc) is 2.71. The van der Waals surface area contributed by atoms with Crippen molar-refractivity contribution in [1.82, 2.24) is 0 Å². The van der Waals surface area contributed by atoms with Crippen molar-refractivity contribution in [2.75, 3.05) is 0 Å². The predicted molar refractivity (Wildman–Crippen MR) is 135 cm³/mol. The molecule has 0 atom stereocenters. The van der Waals surface area contributed by atoms with Gasteiger partial charge in [-0.05, 0) is 0 Å². The fraction of sp³-hybridized carbons (Fsp3) is 0.357. The fourth-order valence-corrected chi connectivity index (χ4v) is 6.75. The van der Waals surface area contributed by atoms with Gasteiger partial charge in [0.1, 0.15) is 0 Å². The van der Waals surface area contributed by atoms with Gasteiger partial charge in [0, 0.05) is 0 Å². The van der Waals surface area contributed by atoms with Crippen LogP contribution in [0, 0.1) is 0 Å². The van der Waals surface area contributed by atoms with Crippen LogP contribution in [0.5, 0.6) is 0 Å². The van der Waals surface area contributed by atoms with Gasteiger partial charge >= 0.3 is 197 Å². The third-order valence-corrected chi connectivity index (χ3v) is 9.82. The summed E-state index contributed by atoms with van der Waals surface area (Å²) in [5.74, 6) is 0. The first-order valence-electron chi connectivity index (χ1n) is 10.7. The normalized spacial score (nSPS) is 12.2. The molecule has 0 aromatic heterocycles. The van der Waals surface area contributed by atoms with Crippen LogP contribution in [-0.4, -0.2) is 29.9 Å². The second-order valence-corrected chi connectivity index (χ2v) is 14.3. The van der Waals surface area contributed by atoms with Crippen LogP contribution < -0.4 is 8.92 Å². The van der Waals surface area contributed by atoms with Gasteiger partial charge in [0.15, 0.2) is 0 Å². The number of hydrogen-bond acceptors (Lipinski definition) is 0. The van der Waals surface area contributed by atoms with Crippen molar-refractivity contribution in [3.63, 3.8) is 0 Å². The molecule has 2 heteroatoms. The molecular weight excluding hydrogens is 494 g/mol. The summed E-state index contributed by atoms with van der Waals surface area (Å²) in [6.45, 7) is 13.6. The third-order valence-electron chi connectivity index (χ3n) is 5.27. The Bertz CT molecular complexity index is 842. The van der Waals surface area contributed by atoms with Gasteiger partial charge in [0.05, 0.1) is 0 Å². The second-order valence-electron chi connectivity index (χ2n) is 9.94. The Balaban J connectivity index is 1.50. The van der Waals surface area contributed by atoms with Crippen LogP contribution in [0.4, 0.5) is 0 Å². The van der Waals surface area contributed by atoms with Crippen molar-refractivity contribution < 1.29 is 0 Å². The molecule has 0 spiro atoms. The van der Waals surface area contributed by atoms with Crippen LogP contribution >= 0.6 is 0 Å². The zero-order chi connectivity index (χ0) is 21.8. The van der Waals surface area contributed by atoms with E-state index in [0.717, 1.165) is 0 Å². The maximum absolute atomic E-state index is 2.33. The van der Waals surface area contributed by atoms with Gasteiger partial charge in [0.2, 0.25) is 0 Å². The van der Waals surface area contributed by atoms with Crippen molar-refractivity contribution in [2.45, 2.75) is 63.0 Å². The molecule has 0 aliphatic heterocycles. The van der Waals surface area contributed by atoms with Gasteiger partial charge in [0.25, 0.3) is 0 Å². The Labute approximate surface area is 196 Å². The first-order chi connectivity index (χ1) is 14.1. The number of rotatable bonds is 6. The van der Waals surface area contributed by atoms with Crippen molar-refractivity contribution in [1.29, 1.82) is 0 Å². The molecule has 3 rings (SSSR count). The molecule has 0 amide bonds. The zero-order valence-corrected chi connectivity index (χ0v) is 22.6. The summed E-state index contributed by atoms with van der Waals surface area (Å²) in [6.07, 6.45) is 0. The van der Waals surface area contributed by atoms with Gasteiger partial charge in [-0.15, -0.1) is 0 Å². The maximum atomic E-state index is 2.33. The molecule has 0 aliphatic rings. The Morgan fingerprint density at radius 1 is 0.467 bits per heavy atom. The zero-order valence-electron chi connectivity index (χ0n) is 19.2.